The SMILES string of the molecule is c1ccn2c(-c3nccc(C4CCCCC4)n3)cnc2c1. The van der Waals surface area contributed by atoms with Gasteiger partial charge in [-0.2, -0.15) is 0 Å². The van der Waals surface area contributed by atoms with Gasteiger partial charge in [-0.05, 0) is 31.0 Å². The summed E-state index contributed by atoms with van der Waals surface area (Å²) in [7, 11) is 0. The van der Waals surface area contributed by atoms with Gasteiger partial charge in [-0.3, -0.25) is 4.40 Å². The van der Waals surface area contributed by atoms with Crippen LogP contribution in [0.5, 0.6) is 0 Å². The molecule has 0 unspecified atom stereocenters. The van der Waals surface area contributed by atoms with Gasteiger partial charge in [0.25, 0.3) is 0 Å². The van der Waals surface area contributed by atoms with Gasteiger partial charge in [-0.15, -0.1) is 0 Å². The maximum Gasteiger partial charge on any atom is 0.178 e. The van der Waals surface area contributed by atoms with Gasteiger partial charge in [0, 0.05) is 24.0 Å². The van der Waals surface area contributed by atoms with Crippen LogP contribution in [0.15, 0.2) is 42.9 Å². The number of imidazole rings is 1. The van der Waals surface area contributed by atoms with E-state index in [4.69, 9.17) is 4.98 Å². The lowest BCUT2D eigenvalue weighted by Gasteiger charge is -2.21. The Morgan fingerprint density at radius 1 is 1.00 bits per heavy atom. The first kappa shape index (κ1) is 12.5. The fourth-order valence-corrected chi connectivity index (χ4v) is 3.22. The topological polar surface area (TPSA) is 43.1 Å². The highest BCUT2D eigenvalue weighted by molar-refractivity contribution is 5.56. The van der Waals surface area contributed by atoms with Crippen molar-refractivity contribution in [2.24, 2.45) is 0 Å². The summed E-state index contributed by atoms with van der Waals surface area (Å²) < 4.78 is 2.04. The van der Waals surface area contributed by atoms with Crippen LogP contribution >= 0.6 is 0 Å². The van der Waals surface area contributed by atoms with Crippen molar-refractivity contribution in [3.05, 3.63) is 48.5 Å². The fourth-order valence-electron chi connectivity index (χ4n) is 3.22. The maximum atomic E-state index is 4.82. The van der Waals surface area contributed by atoms with Crippen LogP contribution in [0.25, 0.3) is 17.2 Å². The molecule has 0 bridgehead atoms. The lowest BCUT2D eigenvalue weighted by atomic mass is 9.87. The maximum absolute atomic E-state index is 4.82. The van der Waals surface area contributed by atoms with Crippen molar-refractivity contribution in [2.45, 2.75) is 38.0 Å². The molecule has 4 nitrogen and oxygen atoms in total. The van der Waals surface area contributed by atoms with Gasteiger partial charge in [0.2, 0.25) is 0 Å². The second kappa shape index (κ2) is 5.28. The molecule has 0 saturated heterocycles. The summed E-state index contributed by atoms with van der Waals surface area (Å²) in [6.45, 7) is 0. The molecule has 106 valence electrons. The summed E-state index contributed by atoms with van der Waals surface area (Å²) in [5, 5.41) is 0. The van der Waals surface area contributed by atoms with Crippen LogP contribution in [0.2, 0.25) is 0 Å². The number of pyridine rings is 1. The monoisotopic (exact) mass is 278 g/mol. The fraction of sp³-hybridized carbons (Fsp3) is 0.353. The molecule has 0 aliphatic heterocycles. The van der Waals surface area contributed by atoms with Crippen LogP contribution in [0.4, 0.5) is 0 Å². The average Bonchev–Trinajstić information content (AvgIpc) is 3.00. The van der Waals surface area contributed by atoms with E-state index in [0.29, 0.717) is 5.92 Å². The average molecular weight is 278 g/mol. The van der Waals surface area contributed by atoms with Crippen molar-refractivity contribution in [2.75, 3.05) is 0 Å². The molecule has 1 aliphatic rings. The molecular weight excluding hydrogens is 260 g/mol. The summed E-state index contributed by atoms with van der Waals surface area (Å²) in [6, 6.07) is 8.06. The highest BCUT2D eigenvalue weighted by Crippen LogP contribution is 2.32. The molecular formula is C17H18N4. The minimum atomic E-state index is 0.597. The molecule has 0 aromatic carbocycles. The standard InChI is InChI=1S/C17H18N4/c1-2-6-13(7-3-1)14-9-10-18-17(20-14)15-12-19-16-8-4-5-11-21(15)16/h4-5,8-13H,1-3,6-7H2. The molecule has 4 heteroatoms. The molecule has 21 heavy (non-hydrogen) atoms. The number of aromatic nitrogens is 4. The van der Waals surface area contributed by atoms with E-state index in [1.807, 2.05) is 41.2 Å². The first-order chi connectivity index (χ1) is 10.4. The summed E-state index contributed by atoms with van der Waals surface area (Å²) in [5.74, 6) is 1.37. The summed E-state index contributed by atoms with van der Waals surface area (Å²) in [4.78, 5) is 13.7. The van der Waals surface area contributed by atoms with Crippen molar-refractivity contribution in [1.82, 2.24) is 19.4 Å². The van der Waals surface area contributed by atoms with E-state index in [1.54, 1.807) is 0 Å². The number of hydrogen-bond donors (Lipinski definition) is 0. The van der Waals surface area contributed by atoms with Crippen LogP contribution < -0.4 is 0 Å². The Morgan fingerprint density at radius 3 is 2.81 bits per heavy atom. The van der Waals surface area contributed by atoms with Crippen LogP contribution in [0.3, 0.4) is 0 Å². The smallest absolute Gasteiger partial charge is 0.178 e. The third-order valence-corrected chi connectivity index (χ3v) is 4.35. The van der Waals surface area contributed by atoms with Crippen LogP contribution in [0, 0.1) is 0 Å². The molecule has 0 amide bonds. The Morgan fingerprint density at radius 2 is 1.90 bits per heavy atom. The normalized spacial score (nSPS) is 16.4. The van der Waals surface area contributed by atoms with Gasteiger partial charge in [0.15, 0.2) is 5.82 Å². The third kappa shape index (κ3) is 2.31. The summed E-state index contributed by atoms with van der Waals surface area (Å²) in [6.07, 6.45) is 12.3. The predicted molar refractivity (Wildman–Crippen MR) is 82.0 cm³/mol. The largest absolute Gasteiger partial charge is 0.297 e. The van der Waals surface area contributed by atoms with E-state index in [2.05, 4.69) is 16.0 Å². The molecule has 1 saturated carbocycles. The summed E-state index contributed by atoms with van der Waals surface area (Å²) >= 11 is 0. The van der Waals surface area contributed by atoms with E-state index < -0.39 is 0 Å². The van der Waals surface area contributed by atoms with Crippen molar-refractivity contribution < 1.29 is 0 Å². The lowest BCUT2D eigenvalue weighted by molar-refractivity contribution is 0.436. The summed E-state index contributed by atoms with van der Waals surface area (Å²) in [5.41, 5.74) is 3.08. The van der Waals surface area contributed by atoms with Crippen LogP contribution in [-0.4, -0.2) is 19.4 Å². The van der Waals surface area contributed by atoms with Crippen molar-refractivity contribution in [3.63, 3.8) is 0 Å². The Hall–Kier alpha value is -2.23. The molecule has 1 aliphatic carbocycles. The number of hydrogen-bond acceptors (Lipinski definition) is 3. The Labute approximate surface area is 123 Å². The van der Waals surface area contributed by atoms with Gasteiger partial charge in [-0.25, -0.2) is 15.0 Å². The molecule has 3 aromatic rings. The zero-order valence-electron chi connectivity index (χ0n) is 11.9. The van der Waals surface area contributed by atoms with E-state index >= 15 is 0 Å². The molecule has 0 spiro atoms. The van der Waals surface area contributed by atoms with Crippen LogP contribution in [0.1, 0.15) is 43.7 Å². The third-order valence-electron chi connectivity index (χ3n) is 4.35. The van der Waals surface area contributed by atoms with E-state index in [0.717, 1.165) is 17.2 Å². The lowest BCUT2D eigenvalue weighted by Crippen LogP contribution is -2.07. The van der Waals surface area contributed by atoms with Gasteiger partial charge in [-0.1, -0.05) is 25.3 Å². The molecule has 0 radical (unpaired) electrons. The van der Waals surface area contributed by atoms with Crippen molar-refractivity contribution >= 4 is 5.65 Å². The Bertz CT molecular complexity index is 756. The second-order valence-electron chi connectivity index (χ2n) is 5.71. The molecule has 1 fully saturated rings. The molecule has 4 rings (SSSR count). The molecule has 3 heterocycles. The van der Waals surface area contributed by atoms with Crippen molar-refractivity contribution in [1.29, 1.82) is 0 Å². The highest BCUT2D eigenvalue weighted by atomic mass is 15.0. The zero-order valence-corrected chi connectivity index (χ0v) is 11.9. The Balaban J connectivity index is 1.75. The van der Waals surface area contributed by atoms with E-state index in [-0.39, 0.29) is 0 Å². The van der Waals surface area contributed by atoms with Gasteiger partial charge < -0.3 is 0 Å². The first-order valence-corrected chi connectivity index (χ1v) is 7.67. The van der Waals surface area contributed by atoms with Crippen molar-refractivity contribution in [3.8, 4) is 11.5 Å². The molecule has 3 aromatic heterocycles. The quantitative estimate of drug-likeness (QED) is 0.715. The zero-order chi connectivity index (χ0) is 14.1. The highest BCUT2D eigenvalue weighted by Gasteiger charge is 2.18. The predicted octanol–water partition coefficient (Wildman–Crippen LogP) is 3.84. The van der Waals surface area contributed by atoms with Gasteiger partial charge >= 0.3 is 0 Å². The number of rotatable bonds is 2. The van der Waals surface area contributed by atoms with E-state index in [9.17, 15) is 0 Å². The first-order valence-electron chi connectivity index (χ1n) is 7.67. The minimum absolute atomic E-state index is 0.597. The second-order valence-corrected chi connectivity index (χ2v) is 5.71. The number of nitrogens with zero attached hydrogens (tertiary/aromatic N) is 4. The number of fused-ring (bicyclic) bond motifs is 1. The molecule has 0 atom stereocenters. The van der Waals surface area contributed by atoms with Gasteiger partial charge in [0.1, 0.15) is 11.3 Å². The molecule has 0 N–H and O–H groups in total. The Kier molecular flexibility index (Phi) is 3.14. The minimum Gasteiger partial charge on any atom is -0.297 e. The van der Waals surface area contributed by atoms with E-state index in [1.165, 1.54) is 37.8 Å². The van der Waals surface area contributed by atoms with Crippen LogP contribution in [-0.2, 0) is 0 Å². The van der Waals surface area contributed by atoms with Gasteiger partial charge in [0.05, 0.1) is 6.20 Å².